The number of ether oxygens (including phenoxy) is 3. The summed E-state index contributed by atoms with van der Waals surface area (Å²) < 4.78 is 19.7. The van der Waals surface area contributed by atoms with E-state index in [1.54, 1.807) is 6.20 Å². The molecule has 0 saturated carbocycles. The molecule has 31 heavy (non-hydrogen) atoms. The van der Waals surface area contributed by atoms with E-state index in [0.29, 0.717) is 13.0 Å². The van der Waals surface area contributed by atoms with Crippen molar-refractivity contribution in [3.8, 4) is 5.75 Å². The number of pyridine rings is 1. The van der Waals surface area contributed by atoms with Crippen molar-refractivity contribution in [1.29, 1.82) is 0 Å². The summed E-state index contributed by atoms with van der Waals surface area (Å²) in [6.07, 6.45) is 8.06. The third-order valence-corrected chi connectivity index (χ3v) is 5.59. The molecule has 166 valence electrons. The minimum atomic E-state index is -0.793. The first-order valence-corrected chi connectivity index (χ1v) is 11.1. The molecule has 0 radical (unpaired) electrons. The molecule has 1 saturated heterocycles. The summed E-state index contributed by atoms with van der Waals surface area (Å²) >= 11 is 3.43. The molecule has 1 aromatic heterocycles. The maximum absolute atomic E-state index is 10.7. The molecule has 1 fully saturated rings. The third kappa shape index (κ3) is 6.89. The van der Waals surface area contributed by atoms with Crippen LogP contribution >= 0.6 is 15.9 Å². The number of benzene rings is 1. The van der Waals surface area contributed by atoms with Crippen molar-refractivity contribution in [2.45, 2.75) is 51.1 Å². The number of allylic oxidation sites excluding steroid dienone is 2. The minimum Gasteiger partial charge on any atom is -0.483 e. The lowest BCUT2D eigenvalue weighted by molar-refractivity contribution is -0.288. The molecule has 2 aromatic rings. The Balaban J connectivity index is 1.70. The van der Waals surface area contributed by atoms with Gasteiger partial charge in [0, 0.05) is 29.2 Å². The molecule has 1 aliphatic heterocycles. The van der Waals surface area contributed by atoms with Crippen molar-refractivity contribution in [2.24, 2.45) is 5.92 Å². The highest BCUT2D eigenvalue weighted by atomic mass is 79.9. The second-order valence-corrected chi connectivity index (χ2v) is 8.98. The van der Waals surface area contributed by atoms with Crippen LogP contribution in [-0.4, -0.2) is 34.6 Å². The van der Waals surface area contributed by atoms with Crippen molar-refractivity contribution in [1.82, 2.24) is 4.98 Å². The lowest BCUT2D eigenvalue weighted by Gasteiger charge is -2.42. The Morgan fingerprint density at radius 1 is 1.29 bits per heavy atom. The molecule has 1 N–H and O–H groups in total. The van der Waals surface area contributed by atoms with Crippen molar-refractivity contribution in [3.63, 3.8) is 0 Å². The van der Waals surface area contributed by atoms with E-state index >= 15 is 0 Å². The summed E-state index contributed by atoms with van der Waals surface area (Å²) in [6, 6.07) is 11.6. The van der Waals surface area contributed by atoms with Crippen LogP contribution in [0.2, 0.25) is 0 Å². The maximum atomic E-state index is 10.7. The molecule has 2 heterocycles. The fourth-order valence-corrected chi connectivity index (χ4v) is 3.75. The molecule has 0 spiro atoms. The number of nitrogens with zero attached hydrogens (tertiary/aromatic N) is 1. The Morgan fingerprint density at radius 2 is 2.06 bits per heavy atom. The van der Waals surface area contributed by atoms with Crippen LogP contribution in [0.15, 0.2) is 65.4 Å². The smallest absolute Gasteiger partial charge is 0.303 e. The van der Waals surface area contributed by atoms with Gasteiger partial charge in [-0.05, 0) is 62.6 Å². The van der Waals surface area contributed by atoms with Crippen LogP contribution in [-0.2, 0) is 14.3 Å². The molecule has 1 aromatic carbocycles. The van der Waals surface area contributed by atoms with E-state index in [2.05, 4.69) is 20.9 Å². The van der Waals surface area contributed by atoms with Crippen LogP contribution in [0.25, 0.3) is 0 Å². The average Bonchev–Trinajstić information content (AvgIpc) is 2.75. The zero-order valence-electron chi connectivity index (χ0n) is 17.7. The Labute approximate surface area is 191 Å². The Morgan fingerprint density at radius 3 is 2.74 bits per heavy atom. The summed E-state index contributed by atoms with van der Waals surface area (Å²) in [5.74, 6) is 0.0323. The maximum Gasteiger partial charge on any atom is 0.303 e. The standard InChI is InChI=1S/C24H28BrNO5/c1-24(2,31-20-12-10-19(25)11-13-20)23-29-16-18(7-4-3-5-9-21(27)28)22(30-23)17-8-6-14-26-15-17/h3-4,6,8,10-15,18,22-23H,5,7,9,16H2,1-2H3,(H,27,28)/t18-,22-,23+/m1/s1. The van der Waals surface area contributed by atoms with Gasteiger partial charge in [0.1, 0.15) is 5.75 Å². The monoisotopic (exact) mass is 489 g/mol. The van der Waals surface area contributed by atoms with E-state index in [9.17, 15) is 4.79 Å². The van der Waals surface area contributed by atoms with Crippen LogP contribution < -0.4 is 4.74 Å². The summed E-state index contributed by atoms with van der Waals surface area (Å²) in [5.41, 5.74) is 0.274. The number of halogens is 1. The van der Waals surface area contributed by atoms with E-state index in [1.165, 1.54) is 0 Å². The van der Waals surface area contributed by atoms with Gasteiger partial charge < -0.3 is 19.3 Å². The fourth-order valence-electron chi connectivity index (χ4n) is 3.48. The molecule has 0 unspecified atom stereocenters. The second-order valence-electron chi connectivity index (χ2n) is 8.07. The molecule has 1 aliphatic rings. The summed E-state index contributed by atoms with van der Waals surface area (Å²) in [7, 11) is 0. The second kappa shape index (κ2) is 10.9. The summed E-state index contributed by atoms with van der Waals surface area (Å²) in [6.45, 7) is 4.40. The number of carboxylic acid groups (broad SMARTS) is 1. The number of aliphatic carboxylic acids is 1. The van der Waals surface area contributed by atoms with Crippen LogP contribution in [0.1, 0.15) is 44.8 Å². The number of rotatable bonds is 9. The highest BCUT2D eigenvalue weighted by Crippen LogP contribution is 2.38. The first kappa shape index (κ1) is 23.4. The predicted molar refractivity (Wildman–Crippen MR) is 121 cm³/mol. The van der Waals surface area contributed by atoms with Gasteiger partial charge in [0.05, 0.1) is 12.7 Å². The van der Waals surface area contributed by atoms with Gasteiger partial charge in [0.2, 0.25) is 0 Å². The largest absolute Gasteiger partial charge is 0.483 e. The Hall–Kier alpha value is -2.22. The van der Waals surface area contributed by atoms with Gasteiger partial charge in [-0.25, -0.2) is 0 Å². The number of carboxylic acids is 1. The molecule has 3 atom stereocenters. The number of aromatic nitrogens is 1. The van der Waals surface area contributed by atoms with Crippen molar-refractivity contribution < 1.29 is 24.1 Å². The van der Waals surface area contributed by atoms with E-state index < -0.39 is 17.9 Å². The summed E-state index contributed by atoms with van der Waals surface area (Å²) in [5, 5.41) is 8.78. The normalized spacial score (nSPS) is 21.8. The quantitative estimate of drug-likeness (QED) is 0.465. The molecule has 0 amide bonds. The van der Waals surface area contributed by atoms with E-state index in [0.717, 1.165) is 22.2 Å². The SMILES string of the molecule is CC(C)(Oc1ccc(Br)cc1)[C@H]1OC[C@@H](CC=CCCC(=O)O)[C@@H](c2cccnc2)O1. The van der Waals surface area contributed by atoms with Gasteiger partial charge >= 0.3 is 5.97 Å². The van der Waals surface area contributed by atoms with E-state index in [-0.39, 0.29) is 18.4 Å². The van der Waals surface area contributed by atoms with Gasteiger partial charge in [-0.15, -0.1) is 0 Å². The highest BCUT2D eigenvalue weighted by Gasteiger charge is 2.42. The lowest BCUT2D eigenvalue weighted by atomic mass is 9.92. The van der Waals surface area contributed by atoms with Gasteiger partial charge in [-0.2, -0.15) is 0 Å². The Kier molecular flexibility index (Phi) is 8.23. The minimum absolute atomic E-state index is 0.0880. The molecule has 7 heteroatoms. The van der Waals surface area contributed by atoms with Crippen LogP contribution in [0.5, 0.6) is 5.75 Å². The topological polar surface area (TPSA) is 77.9 Å². The predicted octanol–water partition coefficient (Wildman–Crippen LogP) is 5.54. The fraction of sp³-hybridized carbons (Fsp3) is 0.417. The molecular formula is C24H28BrNO5. The van der Waals surface area contributed by atoms with Gasteiger partial charge in [0.15, 0.2) is 11.9 Å². The van der Waals surface area contributed by atoms with Crippen molar-refractivity contribution >= 4 is 21.9 Å². The van der Waals surface area contributed by atoms with Crippen LogP contribution in [0.4, 0.5) is 0 Å². The van der Waals surface area contributed by atoms with Crippen molar-refractivity contribution in [2.75, 3.05) is 6.61 Å². The lowest BCUT2D eigenvalue weighted by Crippen LogP contribution is -2.50. The van der Waals surface area contributed by atoms with Crippen molar-refractivity contribution in [3.05, 3.63) is 71.0 Å². The summed E-state index contributed by atoms with van der Waals surface area (Å²) in [4.78, 5) is 14.9. The zero-order valence-corrected chi connectivity index (χ0v) is 19.3. The third-order valence-electron chi connectivity index (χ3n) is 5.07. The van der Waals surface area contributed by atoms with Gasteiger partial charge in [-0.3, -0.25) is 9.78 Å². The zero-order chi connectivity index (χ0) is 22.3. The first-order valence-electron chi connectivity index (χ1n) is 10.3. The van der Waals surface area contributed by atoms with E-state index in [1.807, 2.05) is 68.6 Å². The van der Waals surface area contributed by atoms with Crippen LogP contribution in [0.3, 0.4) is 0 Å². The van der Waals surface area contributed by atoms with Gasteiger partial charge in [-0.1, -0.05) is 34.1 Å². The number of hydrogen-bond donors (Lipinski definition) is 1. The van der Waals surface area contributed by atoms with E-state index in [4.69, 9.17) is 19.3 Å². The number of carbonyl (C=O) groups is 1. The van der Waals surface area contributed by atoms with Gasteiger partial charge in [0.25, 0.3) is 0 Å². The Bertz CT molecular complexity index is 869. The average molecular weight is 490 g/mol. The van der Waals surface area contributed by atoms with Crippen LogP contribution in [0, 0.1) is 5.92 Å². The number of hydrogen-bond acceptors (Lipinski definition) is 5. The molecule has 0 bridgehead atoms. The molecule has 3 rings (SSSR count). The molecular weight excluding hydrogens is 462 g/mol. The molecule has 6 nitrogen and oxygen atoms in total. The highest BCUT2D eigenvalue weighted by molar-refractivity contribution is 9.10. The first-order chi connectivity index (χ1) is 14.8. The molecule has 0 aliphatic carbocycles.